The molecule has 0 saturated carbocycles. The minimum absolute atomic E-state index is 0.0452. The van der Waals surface area contributed by atoms with E-state index in [0.717, 1.165) is 17.0 Å². The van der Waals surface area contributed by atoms with Gasteiger partial charge in [0.25, 0.3) is 5.91 Å². The topological polar surface area (TPSA) is 68.5 Å². The Morgan fingerprint density at radius 2 is 1.97 bits per heavy atom. The fourth-order valence-electron chi connectivity index (χ4n) is 4.06. The lowest BCUT2D eigenvalue weighted by Crippen LogP contribution is -2.48. The van der Waals surface area contributed by atoms with Crippen molar-refractivity contribution in [2.75, 3.05) is 13.1 Å². The van der Waals surface area contributed by atoms with Gasteiger partial charge in [-0.25, -0.2) is 0 Å². The van der Waals surface area contributed by atoms with Gasteiger partial charge in [0.05, 0.1) is 23.5 Å². The molecule has 0 aromatic heterocycles. The van der Waals surface area contributed by atoms with E-state index in [1.54, 1.807) is 0 Å². The Hall–Kier alpha value is -3.39. The van der Waals surface area contributed by atoms with E-state index in [1.807, 2.05) is 60.4 Å². The molecule has 0 bridgehead atoms. The fraction of sp³-hybridized carbons (Fsp3) is 0.292. The maximum absolute atomic E-state index is 13.0. The van der Waals surface area contributed by atoms with Crippen LogP contribution in [-0.4, -0.2) is 35.8 Å². The number of aryl methyl sites for hydroxylation is 1. The maximum atomic E-state index is 13.0. The lowest BCUT2D eigenvalue weighted by molar-refractivity contribution is 0.0602. The molecule has 5 nitrogen and oxygen atoms in total. The third-order valence-corrected chi connectivity index (χ3v) is 5.83. The molecule has 2 aromatic rings. The van der Waals surface area contributed by atoms with Crippen molar-refractivity contribution in [2.45, 2.75) is 31.8 Å². The first-order valence-corrected chi connectivity index (χ1v) is 9.83. The average molecular weight is 384 g/mol. The van der Waals surface area contributed by atoms with Crippen molar-refractivity contribution >= 4 is 11.7 Å². The van der Waals surface area contributed by atoms with E-state index in [0.29, 0.717) is 30.1 Å². The summed E-state index contributed by atoms with van der Waals surface area (Å²) >= 11 is 0. The van der Waals surface area contributed by atoms with Crippen LogP contribution in [0.25, 0.3) is 0 Å². The lowest BCUT2D eigenvalue weighted by atomic mass is 9.89. The molecule has 5 heteroatoms. The van der Waals surface area contributed by atoms with Crippen LogP contribution in [0.15, 0.2) is 60.1 Å². The Bertz CT molecular complexity index is 1030. The van der Waals surface area contributed by atoms with Crippen molar-refractivity contribution < 1.29 is 4.79 Å². The standard InChI is InChI=1S/C24H24N4O/c1-4-22-23(27-16(3)26-22)21-11-19(8-5-15(21)2)24(29)28-13-20(14-28)18-9-6-17(12-25)7-10-18/h4-11,20,22-23H,1,13-14H2,2-3H3,(H,26,27). The predicted molar refractivity (Wildman–Crippen MR) is 114 cm³/mol. The molecule has 0 radical (unpaired) electrons. The number of likely N-dealkylation sites (tertiary alicyclic amines) is 1. The van der Waals surface area contributed by atoms with Crippen LogP contribution in [0.5, 0.6) is 0 Å². The minimum Gasteiger partial charge on any atom is -0.365 e. The Morgan fingerprint density at radius 1 is 1.24 bits per heavy atom. The summed E-state index contributed by atoms with van der Waals surface area (Å²) in [6.45, 7) is 9.31. The average Bonchev–Trinajstić information content (AvgIpc) is 3.08. The minimum atomic E-state index is -0.0527. The molecule has 1 saturated heterocycles. The predicted octanol–water partition coefficient (Wildman–Crippen LogP) is 3.72. The molecule has 29 heavy (non-hydrogen) atoms. The van der Waals surface area contributed by atoms with Crippen LogP contribution < -0.4 is 5.32 Å². The number of hydrogen-bond donors (Lipinski definition) is 1. The molecule has 1 fully saturated rings. The SMILES string of the molecule is C=CC1NC(C)=NC1c1cc(C(=O)N2CC(c3ccc(C#N)cc3)C2)ccc1C. The van der Waals surface area contributed by atoms with Crippen LogP contribution in [0.3, 0.4) is 0 Å². The molecule has 1 N–H and O–H groups in total. The van der Waals surface area contributed by atoms with Crippen molar-refractivity contribution in [3.63, 3.8) is 0 Å². The van der Waals surface area contributed by atoms with Crippen LogP contribution in [0.2, 0.25) is 0 Å². The highest BCUT2D eigenvalue weighted by Crippen LogP contribution is 2.32. The Labute approximate surface area is 171 Å². The smallest absolute Gasteiger partial charge is 0.253 e. The normalized spacial score (nSPS) is 21.0. The largest absolute Gasteiger partial charge is 0.365 e. The van der Waals surface area contributed by atoms with E-state index in [4.69, 9.17) is 10.3 Å². The number of carbonyl (C=O) groups is 1. The van der Waals surface area contributed by atoms with Gasteiger partial charge in [0.15, 0.2) is 0 Å². The van der Waals surface area contributed by atoms with E-state index < -0.39 is 0 Å². The van der Waals surface area contributed by atoms with Gasteiger partial charge >= 0.3 is 0 Å². The number of nitriles is 1. The van der Waals surface area contributed by atoms with Crippen molar-refractivity contribution in [3.05, 3.63) is 82.9 Å². The van der Waals surface area contributed by atoms with E-state index in [2.05, 4.69) is 24.9 Å². The quantitative estimate of drug-likeness (QED) is 0.817. The summed E-state index contributed by atoms with van der Waals surface area (Å²) in [5.74, 6) is 1.27. The van der Waals surface area contributed by atoms with Gasteiger partial charge in [-0.2, -0.15) is 5.26 Å². The van der Waals surface area contributed by atoms with Gasteiger partial charge in [0.2, 0.25) is 0 Å². The van der Waals surface area contributed by atoms with E-state index in [-0.39, 0.29) is 18.0 Å². The summed E-state index contributed by atoms with van der Waals surface area (Å²) in [6, 6.07) is 15.7. The molecule has 2 aliphatic rings. The molecule has 146 valence electrons. The number of rotatable bonds is 4. The first-order chi connectivity index (χ1) is 14.0. The second-order valence-electron chi connectivity index (χ2n) is 7.78. The van der Waals surface area contributed by atoms with Crippen LogP contribution in [0.4, 0.5) is 0 Å². The van der Waals surface area contributed by atoms with E-state index >= 15 is 0 Å². The molecule has 2 aromatic carbocycles. The molecule has 2 aliphatic heterocycles. The number of hydrogen-bond acceptors (Lipinski definition) is 4. The number of aliphatic imine (C=N–C) groups is 1. The first kappa shape index (κ1) is 18.9. The third kappa shape index (κ3) is 3.54. The van der Waals surface area contributed by atoms with E-state index in [1.165, 1.54) is 5.56 Å². The Kier molecular flexibility index (Phi) is 4.94. The van der Waals surface area contributed by atoms with Crippen LogP contribution in [0, 0.1) is 18.3 Å². The van der Waals surface area contributed by atoms with E-state index in [9.17, 15) is 4.79 Å². The zero-order chi connectivity index (χ0) is 20.5. The van der Waals surface area contributed by atoms with Crippen LogP contribution in [0.1, 0.15) is 51.5 Å². The molecule has 2 unspecified atom stereocenters. The highest BCUT2D eigenvalue weighted by Gasteiger charge is 2.33. The zero-order valence-corrected chi connectivity index (χ0v) is 16.7. The Balaban J connectivity index is 1.49. The summed E-state index contributed by atoms with van der Waals surface area (Å²) in [7, 11) is 0. The summed E-state index contributed by atoms with van der Waals surface area (Å²) in [6.07, 6.45) is 1.87. The summed E-state index contributed by atoms with van der Waals surface area (Å²) < 4.78 is 0. The monoisotopic (exact) mass is 384 g/mol. The maximum Gasteiger partial charge on any atom is 0.253 e. The molecular weight excluding hydrogens is 360 g/mol. The van der Waals surface area contributed by atoms with Crippen molar-refractivity contribution in [1.82, 2.24) is 10.2 Å². The third-order valence-electron chi connectivity index (χ3n) is 5.83. The van der Waals surface area contributed by atoms with Gasteiger partial charge in [0, 0.05) is 24.6 Å². The molecule has 0 spiro atoms. The second kappa shape index (κ2) is 7.56. The van der Waals surface area contributed by atoms with Crippen molar-refractivity contribution in [1.29, 1.82) is 5.26 Å². The van der Waals surface area contributed by atoms with Crippen molar-refractivity contribution in [2.24, 2.45) is 4.99 Å². The van der Waals surface area contributed by atoms with Crippen LogP contribution >= 0.6 is 0 Å². The van der Waals surface area contributed by atoms with Gasteiger partial charge in [-0.3, -0.25) is 9.79 Å². The molecular formula is C24H24N4O. The summed E-state index contributed by atoms with van der Waals surface area (Å²) in [5, 5.41) is 12.2. The van der Waals surface area contributed by atoms with Gasteiger partial charge in [-0.15, -0.1) is 6.58 Å². The van der Waals surface area contributed by atoms with Crippen molar-refractivity contribution in [3.8, 4) is 6.07 Å². The van der Waals surface area contributed by atoms with Gasteiger partial charge in [0.1, 0.15) is 6.04 Å². The summed E-state index contributed by atoms with van der Waals surface area (Å²) in [4.78, 5) is 19.6. The molecule has 4 rings (SSSR count). The van der Waals surface area contributed by atoms with Gasteiger partial charge < -0.3 is 10.2 Å². The number of nitrogens with zero attached hydrogens (tertiary/aromatic N) is 3. The number of amidine groups is 1. The molecule has 0 aliphatic carbocycles. The number of nitrogens with one attached hydrogen (secondary N) is 1. The zero-order valence-electron chi connectivity index (χ0n) is 16.7. The second-order valence-corrected chi connectivity index (χ2v) is 7.78. The molecule has 2 atom stereocenters. The van der Waals surface area contributed by atoms with Crippen LogP contribution in [-0.2, 0) is 0 Å². The number of carbonyl (C=O) groups excluding carboxylic acids is 1. The summed E-state index contributed by atoms with van der Waals surface area (Å²) in [5.41, 5.74) is 4.72. The highest BCUT2D eigenvalue weighted by atomic mass is 16.2. The number of benzene rings is 2. The van der Waals surface area contributed by atoms with Gasteiger partial charge in [-0.05, 0) is 54.8 Å². The Morgan fingerprint density at radius 3 is 2.62 bits per heavy atom. The first-order valence-electron chi connectivity index (χ1n) is 9.83. The fourth-order valence-corrected chi connectivity index (χ4v) is 4.06. The number of amides is 1. The molecule has 1 amide bonds. The highest BCUT2D eigenvalue weighted by molar-refractivity contribution is 5.95. The molecule has 2 heterocycles. The van der Waals surface area contributed by atoms with Gasteiger partial charge in [-0.1, -0.05) is 24.3 Å². The lowest BCUT2D eigenvalue weighted by Gasteiger charge is -2.39.